The quantitative estimate of drug-likeness (QED) is 0.244. The third kappa shape index (κ3) is 5.11. The molecule has 2 aromatic rings. The van der Waals surface area contributed by atoms with Crippen LogP contribution in [-0.2, 0) is 0 Å². The van der Waals surface area contributed by atoms with Gasteiger partial charge in [0.05, 0.1) is 11.1 Å². The van der Waals surface area contributed by atoms with E-state index in [1.54, 1.807) is 23.2 Å². The summed E-state index contributed by atoms with van der Waals surface area (Å²) < 4.78 is 0. The average Bonchev–Trinajstić information content (AvgIpc) is 3.06. The van der Waals surface area contributed by atoms with Crippen LogP contribution >= 0.6 is 11.6 Å². The predicted octanol–water partition coefficient (Wildman–Crippen LogP) is 3.84. The number of piperidine rings is 1. The number of nitrogens with two attached hydrogens (primary N) is 1. The van der Waals surface area contributed by atoms with E-state index in [4.69, 9.17) is 27.4 Å². The molecule has 8 nitrogen and oxygen atoms in total. The minimum atomic E-state index is 0.0386. The van der Waals surface area contributed by atoms with E-state index in [0.717, 1.165) is 44.6 Å². The third-order valence-corrected chi connectivity index (χ3v) is 6.30. The number of phenolic OH excluding ortho intramolecular Hbond substituents is 1. The molecule has 0 amide bonds. The van der Waals surface area contributed by atoms with Crippen molar-refractivity contribution < 1.29 is 5.11 Å². The van der Waals surface area contributed by atoms with Gasteiger partial charge in [-0.05, 0) is 57.0 Å². The molecule has 2 aliphatic rings. The van der Waals surface area contributed by atoms with Crippen molar-refractivity contribution in [1.82, 2.24) is 20.3 Å². The van der Waals surface area contributed by atoms with Gasteiger partial charge in [-0.1, -0.05) is 37.3 Å². The molecule has 0 atom stereocenters. The topological polar surface area (TPSA) is 112 Å². The Morgan fingerprint density at radius 2 is 1.77 bits per heavy atom. The molecular formula is C21H30ClN7O. The van der Waals surface area contributed by atoms with Gasteiger partial charge in [-0.25, -0.2) is 5.84 Å². The van der Waals surface area contributed by atoms with Crippen molar-refractivity contribution in [3.05, 3.63) is 29.0 Å². The fourth-order valence-electron chi connectivity index (χ4n) is 4.23. The summed E-state index contributed by atoms with van der Waals surface area (Å²) in [5.74, 6) is 8.59. The molecule has 1 aromatic carbocycles. The van der Waals surface area contributed by atoms with E-state index in [1.807, 2.05) is 0 Å². The number of phenols is 1. The fourth-order valence-corrected chi connectivity index (χ4v) is 4.41. The highest BCUT2D eigenvalue weighted by Gasteiger charge is 2.25. The molecule has 5 N–H and O–H groups in total. The van der Waals surface area contributed by atoms with E-state index in [2.05, 4.69) is 15.6 Å². The summed E-state index contributed by atoms with van der Waals surface area (Å²) in [5.41, 5.74) is 0.701. The second kappa shape index (κ2) is 9.76. The van der Waals surface area contributed by atoms with Gasteiger partial charge in [0.25, 0.3) is 0 Å². The van der Waals surface area contributed by atoms with Crippen molar-refractivity contribution in [2.45, 2.75) is 63.3 Å². The smallest absolute Gasteiger partial charge is 0.245 e. The number of hydrogen-bond donors (Lipinski definition) is 4. The number of nitrogens with one attached hydrogen (secondary N) is 2. The zero-order chi connectivity index (χ0) is 20.9. The average molecular weight is 432 g/mol. The van der Waals surface area contributed by atoms with E-state index in [-0.39, 0.29) is 16.8 Å². The number of nitrogens with zero attached hydrogens (tertiary/aromatic N) is 4. The van der Waals surface area contributed by atoms with Crippen LogP contribution in [0, 0.1) is 0 Å². The molecule has 2 heterocycles. The van der Waals surface area contributed by atoms with Gasteiger partial charge in [0.1, 0.15) is 11.6 Å². The monoisotopic (exact) mass is 431 g/mol. The van der Waals surface area contributed by atoms with Crippen LogP contribution in [0.3, 0.4) is 0 Å². The Hall–Kier alpha value is -2.16. The highest BCUT2D eigenvalue weighted by Crippen LogP contribution is 2.32. The maximum atomic E-state index is 9.68. The number of hydrazine groups is 1. The van der Waals surface area contributed by atoms with Crippen LogP contribution in [0.25, 0.3) is 0 Å². The summed E-state index contributed by atoms with van der Waals surface area (Å²) in [6.07, 6.45) is 9.02. The molecule has 1 saturated heterocycles. The highest BCUT2D eigenvalue weighted by molar-refractivity contribution is 6.32. The number of benzene rings is 1. The van der Waals surface area contributed by atoms with E-state index in [1.165, 1.54) is 25.7 Å². The maximum Gasteiger partial charge on any atom is 0.245 e. The van der Waals surface area contributed by atoms with Gasteiger partial charge in [0.15, 0.2) is 0 Å². The van der Waals surface area contributed by atoms with Gasteiger partial charge in [-0.3, -0.25) is 5.01 Å². The van der Waals surface area contributed by atoms with Crippen molar-refractivity contribution >= 4 is 29.2 Å². The molecule has 1 aliphatic carbocycles. The fraction of sp³-hybridized carbons (Fsp3) is 0.571. The first-order chi connectivity index (χ1) is 14.6. The van der Waals surface area contributed by atoms with Gasteiger partial charge in [-0.15, -0.1) is 0 Å². The number of halogens is 1. The van der Waals surface area contributed by atoms with Gasteiger partial charge in [-0.2, -0.15) is 15.0 Å². The molecule has 2 fully saturated rings. The number of hydrogen-bond acceptors (Lipinski definition) is 8. The van der Waals surface area contributed by atoms with Crippen molar-refractivity contribution in [3.63, 3.8) is 0 Å². The van der Waals surface area contributed by atoms with Gasteiger partial charge in [0, 0.05) is 11.6 Å². The van der Waals surface area contributed by atoms with Gasteiger partial charge < -0.3 is 15.7 Å². The lowest BCUT2D eigenvalue weighted by Crippen LogP contribution is -2.48. The van der Waals surface area contributed by atoms with Crippen molar-refractivity contribution in [1.29, 1.82) is 0 Å². The Morgan fingerprint density at radius 3 is 2.47 bits per heavy atom. The summed E-state index contributed by atoms with van der Waals surface area (Å²) in [4.78, 5) is 14.2. The number of aromatic hydroxyl groups is 1. The van der Waals surface area contributed by atoms with E-state index in [9.17, 15) is 5.11 Å². The SMILES string of the molecule is NN(c1nc(Nc2ccc(O)c(Cl)c2)nc(C2CCCCCC2)n1)C1CCNCC1. The summed E-state index contributed by atoms with van der Waals surface area (Å²) in [5, 5.41) is 18.2. The lowest BCUT2D eigenvalue weighted by molar-refractivity contribution is 0.427. The lowest BCUT2D eigenvalue weighted by atomic mass is 10.00. The van der Waals surface area contributed by atoms with Crippen molar-refractivity contribution in [2.75, 3.05) is 23.4 Å². The van der Waals surface area contributed by atoms with E-state index < -0.39 is 0 Å². The molecule has 4 rings (SSSR count). The molecule has 30 heavy (non-hydrogen) atoms. The van der Waals surface area contributed by atoms with Crippen molar-refractivity contribution in [2.24, 2.45) is 5.84 Å². The minimum Gasteiger partial charge on any atom is -0.506 e. The van der Waals surface area contributed by atoms with Crippen molar-refractivity contribution in [3.8, 4) is 5.75 Å². The number of rotatable bonds is 5. The summed E-state index contributed by atoms with van der Waals surface area (Å²) in [7, 11) is 0. The Kier molecular flexibility index (Phi) is 6.86. The number of aromatic nitrogens is 3. The molecule has 1 aromatic heterocycles. The normalized spacial score (nSPS) is 18.7. The number of anilines is 3. The highest BCUT2D eigenvalue weighted by atomic mass is 35.5. The molecule has 9 heteroatoms. The van der Waals surface area contributed by atoms with Crippen LogP contribution in [0.5, 0.6) is 5.75 Å². The largest absolute Gasteiger partial charge is 0.506 e. The zero-order valence-corrected chi connectivity index (χ0v) is 17.9. The maximum absolute atomic E-state index is 9.68. The molecule has 1 aliphatic heterocycles. The van der Waals surface area contributed by atoms with Gasteiger partial charge >= 0.3 is 0 Å². The Balaban J connectivity index is 1.64. The molecule has 0 bridgehead atoms. The molecule has 0 radical (unpaired) electrons. The van der Waals surface area contributed by atoms with E-state index >= 15 is 0 Å². The summed E-state index contributed by atoms with van der Waals surface area (Å²) in [6, 6.07) is 5.14. The van der Waals surface area contributed by atoms with Crippen LogP contribution in [0.15, 0.2) is 18.2 Å². The molecule has 162 valence electrons. The van der Waals surface area contributed by atoms with E-state index in [0.29, 0.717) is 23.5 Å². The standard InChI is InChI=1S/C21H30ClN7O/c22-17-13-15(7-8-18(17)30)25-20-26-19(14-5-3-1-2-4-6-14)27-21(28-20)29(23)16-9-11-24-12-10-16/h7-8,13-14,16,24,30H,1-6,9-12,23H2,(H,25,26,27,28). The molecule has 0 unspecified atom stereocenters. The van der Waals surface area contributed by atoms with Crippen LogP contribution in [0.4, 0.5) is 17.6 Å². The summed E-state index contributed by atoms with van der Waals surface area (Å²) >= 11 is 6.06. The first-order valence-electron chi connectivity index (χ1n) is 10.9. The minimum absolute atomic E-state index is 0.0386. The van der Waals surface area contributed by atoms with Crippen LogP contribution in [-0.4, -0.2) is 39.2 Å². The first kappa shape index (κ1) is 21.1. The Labute approximate surface area is 182 Å². The van der Waals surface area contributed by atoms with Crippen LogP contribution in [0.2, 0.25) is 5.02 Å². The second-order valence-corrected chi connectivity index (χ2v) is 8.59. The Bertz CT molecular complexity index is 851. The third-order valence-electron chi connectivity index (χ3n) is 6.00. The predicted molar refractivity (Wildman–Crippen MR) is 119 cm³/mol. The molecule has 1 saturated carbocycles. The molecule has 0 spiro atoms. The lowest BCUT2D eigenvalue weighted by Gasteiger charge is -2.31. The van der Waals surface area contributed by atoms with Crippen LogP contribution in [0.1, 0.15) is 63.1 Å². The second-order valence-electron chi connectivity index (χ2n) is 8.19. The molecular weight excluding hydrogens is 402 g/mol. The van der Waals surface area contributed by atoms with Crippen LogP contribution < -0.4 is 21.5 Å². The first-order valence-corrected chi connectivity index (χ1v) is 11.2. The zero-order valence-electron chi connectivity index (χ0n) is 17.1. The van der Waals surface area contributed by atoms with Gasteiger partial charge in [0.2, 0.25) is 11.9 Å². The summed E-state index contributed by atoms with van der Waals surface area (Å²) in [6.45, 7) is 1.88. The Morgan fingerprint density at radius 1 is 1.03 bits per heavy atom.